The first kappa shape index (κ1) is 38.4. The molecule has 4 aliphatic heterocycles. The lowest BCUT2D eigenvalue weighted by atomic mass is 9.82. The molecule has 5 aromatic rings. The van der Waals surface area contributed by atoms with Crippen LogP contribution in [0.3, 0.4) is 0 Å². The molecule has 0 aromatic heterocycles. The molecule has 5 atom stereocenters. The minimum Gasteiger partial charge on any atom is -0.454 e. The van der Waals surface area contributed by atoms with Gasteiger partial charge in [0.1, 0.15) is 5.75 Å². The SMILES string of the molecule is C[C@H]1[C@H]([Si](C)(C)O)[C@@H](CC(=O)N2Cc3ccccc3C[C@H]2CO)O[C@]12C(=O)N(Cc1ccc(N3C(=O)c4ccccc4Oc4ccccc43)cc1)c1ccc(Br)cc12. The van der Waals surface area contributed by atoms with Crippen molar-refractivity contribution < 1.29 is 33.8 Å². The molecule has 4 aliphatic rings. The van der Waals surface area contributed by atoms with Gasteiger partial charge in [0, 0.05) is 33.7 Å². The summed E-state index contributed by atoms with van der Waals surface area (Å²) in [6, 6.07) is 35.5. The molecule has 1 fully saturated rings. The zero-order valence-corrected chi connectivity index (χ0v) is 35.1. The smallest absolute Gasteiger partial charge is 0.266 e. The Kier molecular flexibility index (Phi) is 9.68. The molecule has 2 N–H and O–H groups in total. The number of aliphatic hydroxyl groups excluding tert-OH is 1. The summed E-state index contributed by atoms with van der Waals surface area (Å²) in [6.07, 6.45) is -0.213. The lowest BCUT2D eigenvalue weighted by Crippen LogP contribution is -2.48. The maximum Gasteiger partial charge on any atom is 0.266 e. The molecule has 0 aliphatic carbocycles. The molecule has 0 radical (unpaired) electrons. The maximum atomic E-state index is 15.1. The molecule has 12 heteroatoms. The topological polar surface area (TPSA) is 120 Å². The van der Waals surface area contributed by atoms with Crippen molar-refractivity contribution >= 4 is 59.0 Å². The molecule has 5 aromatic carbocycles. The highest BCUT2D eigenvalue weighted by Crippen LogP contribution is 2.60. The number of carbonyl (C=O) groups excluding carboxylic acids is 3. The summed E-state index contributed by atoms with van der Waals surface area (Å²) in [5.74, 6) is -0.0499. The van der Waals surface area contributed by atoms with Crippen molar-refractivity contribution in [1.29, 1.82) is 0 Å². The van der Waals surface area contributed by atoms with Crippen molar-refractivity contribution in [2.75, 3.05) is 16.4 Å². The molecule has 10 nitrogen and oxygen atoms in total. The van der Waals surface area contributed by atoms with Gasteiger partial charge in [-0.3, -0.25) is 19.3 Å². The Hall–Kier alpha value is -5.11. The molecule has 0 saturated carbocycles. The van der Waals surface area contributed by atoms with Gasteiger partial charge in [0.2, 0.25) is 5.91 Å². The summed E-state index contributed by atoms with van der Waals surface area (Å²) in [4.78, 5) is 60.4. The van der Waals surface area contributed by atoms with Crippen molar-refractivity contribution in [3.05, 3.63) is 148 Å². The van der Waals surface area contributed by atoms with Crippen LogP contribution in [0.15, 0.2) is 120 Å². The van der Waals surface area contributed by atoms with E-state index in [1.165, 1.54) is 0 Å². The van der Waals surface area contributed by atoms with Crippen LogP contribution in [0.1, 0.15) is 46.0 Å². The van der Waals surface area contributed by atoms with Gasteiger partial charge < -0.3 is 29.2 Å². The number of rotatable bonds is 7. The lowest BCUT2D eigenvalue weighted by molar-refractivity contribution is -0.151. The second-order valence-corrected chi connectivity index (χ2v) is 21.2. The van der Waals surface area contributed by atoms with E-state index in [-0.39, 0.29) is 43.3 Å². The standard InChI is InChI=1S/C46H44BrN3O7Si/c1-28-43(58(2,3)55)41(24-42(52)48-26-31-11-5-4-10-30(31)22-34(48)27-51)57-46(28)36-23-32(47)18-21-37(36)49(45(46)54)25-29-16-19-33(20-17-29)50-38-13-7-9-15-40(38)56-39-14-8-6-12-35(39)44(50)53/h4-21,23,28,34,41,43,51,55H,22,24-27H2,1-3H3/t28-,34-,41+,43-,46+/m0/s1. The predicted molar refractivity (Wildman–Crippen MR) is 227 cm³/mol. The Morgan fingerprint density at radius 1 is 0.879 bits per heavy atom. The fraction of sp³-hybridized carbons (Fsp3) is 0.283. The number of para-hydroxylation sites is 3. The molecule has 3 amide bonds. The number of fused-ring (bicyclic) bond motifs is 5. The molecule has 0 bridgehead atoms. The largest absolute Gasteiger partial charge is 0.454 e. The van der Waals surface area contributed by atoms with Gasteiger partial charge in [-0.05, 0) is 90.8 Å². The molecular weight excluding hydrogens is 815 g/mol. The second-order valence-electron chi connectivity index (χ2n) is 16.3. The van der Waals surface area contributed by atoms with Crippen LogP contribution < -0.4 is 14.5 Å². The second kappa shape index (κ2) is 14.6. The average molecular weight is 859 g/mol. The fourth-order valence-electron chi connectivity index (χ4n) is 9.74. The van der Waals surface area contributed by atoms with Gasteiger partial charge in [-0.15, -0.1) is 0 Å². The Bertz CT molecular complexity index is 2450. The van der Waals surface area contributed by atoms with E-state index in [0.717, 1.165) is 21.2 Å². The first-order valence-corrected chi connectivity index (χ1v) is 23.5. The van der Waals surface area contributed by atoms with Crippen LogP contribution >= 0.6 is 15.9 Å². The van der Waals surface area contributed by atoms with Gasteiger partial charge in [0.15, 0.2) is 19.7 Å². The third-order valence-electron chi connectivity index (χ3n) is 12.4. The van der Waals surface area contributed by atoms with Crippen LogP contribution in [0.2, 0.25) is 18.6 Å². The first-order valence-electron chi connectivity index (χ1n) is 19.7. The number of halogens is 1. The molecule has 4 heterocycles. The van der Waals surface area contributed by atoms with Crippen molar-refractivity contribution in [3.63, 3.8) is 0 Å². The minimum absolute atomic E-state index is 0.0294. The quantitative estimate of drug-likeness (QED) is 0.159. The highest BCUT2D eigenvalue weighted by Gasteiger charge is 2.66. The molecule has 0 unspecified atom stereocenters. The van der Waals surface area contributed by atoms with Crippen LogP contribution in [-0.2, 0) is 39.4 Å². The van der Waals surface area contributed by atoms with E-state index in [4.69, 9.17) is 9.47 Å². The number of benzene rings is 5. The molecule has 1 saturated heterocycles. The van der Waals surface area contributed by atoms with Gasteiger partial charge in [0.05, 0.1) is 48.7 Å². The van der Waals surface area contributed by atoms with Gasteiger partial charge in [-0.2, -0.15) is 0 Å². The van der Waals surface area contributed by atoms with Crippen LogP contribution in [0.5, 0.6) is 11.5 Å². The molecule has 9 rings (SSSR count). The lowest BCUT2D eigenvalue weighted by Gasteiger charge is -2.37. The normalized spacial score (nSPS) is 23.6. The summed E-state index contributed by atoms with van der Waals surface area (Å²) in [6.45, 7) is 6.09. The van der Waals surface area contributed by atoms with Crippen LogP contribution in [0, 0.1) is 5.92 Å². The summed E-state index contributed by atoms with van der Waals surface area (Å²) < 4.78 is 14.0. The van der Waals surface area contributed by atoms with Gasteiger partial charge >= 0.3 is 0 Å². The van der Waals surface area contributed by atoms with Crippen LogP contribution in [0.25, 0.3) is 0 Å². The number of aliphatic hydroxyl groups is 1. The molecule has 1 spiro atoms. The minimum atomic E-state index is -3.05. The van der Waals surface area contributed by atoms with Crippen molar-refractivity contribution in [1.82, 2.24) is 4.90 Å². The average Bonchev–Trinajstić information content (AvgIpc) is 3.58. The zero-order chi connectivity index (χ0) is 40.5. The molecule has 296 valence electrons. The van der Waals surface area contributed by atoms with Crippen molar-refractivity contribution in [2.24, 2.45) is 5.92 Å². The van der Waals surface area contributed by atoms with E-state index in [1.54, 1.807) is 26.8 Å². The van der Waals surface area contributed by atoms with Crippen molar-refractivity contribution in [2.45, 2.75) is 69.2 Å². The van der Waals surface area contributed by atoms with E-state index >= 15 is 4.79 Å². The highest BCUT2D eigenvalue weighted by molar-refractivity contribution is 9.10. The highest BCUT2D eigenvalue weighted by atomic mass is 79.9. The molecular formula is C46H44BrN3O7Si. The van der Waals surface area contributed by atoms with E-state index in [9.17, 15) is 19.5 Å². The number of anilines is 3. The summed E-state index contributed by atoms with van der Waals surface area (Å²) >= 11 is 3.64. The third kappa shape index (κ3) is 6.29. The Labute approximate surface area is 346 Å². The number of carbonyl (C=O) groups is 3. The van der Waals surface area contributed by atoms with Crippen LogP contribution in [0.4, 0.5) is 17.1 Å². The van der Waals surface area contributed by atoms with Gasteiger partial charge in [-0.1, -0.05) is 83.5 Å². The Morgan fingerprint density at radius 3 is 2.31 bits per heavy atom. The molecule has 58 heavy (non-hydrogen) atoms. The maximum absolute atomic E-state index is 15.1. The van der Waals surface area contributed by atoms with Gasteiger partial charge in [0.25, 0.3) is 11.8 Å². The van der Waals surface area contributed by atoms with E-state index < -0.39 is 31.5 Å². The number of hydrogen-bond acceptors (Lipinski definition) is 7. The van der Waals surface area contributed by atoms with Crippen LogP contribution in [-0.4, -0.2) is 59.6 Å². The van der Waals surface area contributed by atoms with Gasteiger partial charge in [-0.25, -0.2) is 0 Å². The number of hydrogen-bond donors (Lipinski definition) is 2. The fourth-order valence-corrected chi connectivity index (χ4v) is 12.7. The first-order chi connectivity index (χ1) is 27.9. The Balaban J connectivity index is 1.02. The van der Waals surface area contributed by atoms with E-state index in [1.807, 2.05) is 123 Å². The summed E-state index contributed by atoms with van der Waals surface area (Å²) in [5.41, 5.74) is 4.22. The number of nitrogens with zero attached hydrogens (tertiary/aromatic N) is 3. The third-order valence-corrected chi connectivity index (χ3v) is 15.4. The summed E-state index contributed by atoms with van der Waals surface area (Å²) in [7, 11) is -3.05. The number of ether oxygens (including phenoxy) is 2. The Morgan fingerprint density at radius 2 is 1.57 bits per heavy atom. The van der Waals surface area contributed by atoms with Crippen molar-refractivity contribution in [3.8, 4) is 11.5 Å². The van der Waals surface area contributed by atoms with E-state index in [2.05, 4.69) is 15.9 Å². The van der Waals surface area contributed by atoms with E-state index in [0.29, 0.717) is 52.7 Å². The summed E-state index contributed by atoms with van der Waals surface area (Å²) in [5, 5.41) is 10.4. The number of amides is 3. The zero-order valence-electron chi connectivity index (χ0n) is 32.5. The monoisotopic (exact) mass is 857 g/mol. The predicted octanol–water partition coefficient (Wildman–Crippen LogP) is 8.21.